The van der Waals surface area contributed by atoms with Crippen LogP contribution in [0.5, 0.6) is 0 Å². The molecule has 1 aliphatic rings. The third-order valence-corrected chi connectivity index (χ3v) is 4.00. The molecule has 2 N–H and O–H groups in total. The SMILES string of the molecule is CCCSc1cc(C2=CNNN2C(F)(F)F)ccc1C#N. The molecule has 4 nitrogen and oxygen atoms in total. The van der Waals surface area contributed by atoms with Crippen LogP contribution in [0.2, 0.25) is 0 Å². The molecule has 0 saturated heterocycles. The zero-order chi connectivity index (χ0) is 15.5. The summed E-state index contributed by atoms with van der Waals surface area (Å²) in [4.78, 5) is 0.687. The van der Waals surface area contributed by atoms with Crippen LogP contribution in [-0.2, 0) is 0 Å². The molecule has 1 heterocycles. The van der Waals surface area contributed by atoms with Crippen LogP contribution >= 0.6 is 11.8 Å². The van der Waals surface area contributed by atoms with Gasteiger partial charge in [-0.1, -0.05) is 13.0 Å². The second-order valence-corrected chi connectivity index (χ2v) is 5.40. The number of nitrogens with one attached hydrogen (secondary N) is 2. The van der Waals surface area contributed by atoms with Crippen LogP contribution < -0.4 is 11.0 Å². The van der Waals surface area contributed by atoms with Crippen molar-refractivity contribution >= 4 is 17.5 Å². The van der Waals surface area contributed by atoms with Gasteiger partial charge < -0.3 is 5.43 Å². The van der Waals surface area contributed by atoms with Crippen LogP contribution in [-0.4, -0.2) is 17.1 Å². The maximum atomic E-state index is 12.9. The molecule has 112 valence electrons. The van der Waals surface area contributed by atoms with Gasteiger partial charge in [-0.3, -0.25) is 0 Å². The molecule has 0 bridgehead atoms. The molecule has 0 fully saturated rings. The maximum absolute atomic E-state index is 12.9. The standard InChI is InChI=1S/C13H13F3N4S/c1-2-5-21-12-6-9(3-4-10(12)7-17)11-8-18-19-20(11)13(14,15)16/h3-4,6,8,18-19H,2,5H2,1H3. The fraction of sp³-hybridized carbons (Fsp3) is 0.308. The summed E-state index contributed by atoms with van der Waals surface area (Å²) in [5.74, 6) is 0.802. The minimum Gasteiger partial charge on any atom is -0.309 e. The van der Waals surface area contributed by atoms with E-state index < -0.39 is 6.30 Å². The van der Waals surface area contributed by atoms with Crippen molar-refractivity contribution in [2.75, 3.05) is 5.75 Å². The highest BCUT2D eigenvalue weighted by Crippen LogP contribution is 2.33. The van der Waals surface area contributed by atoms with E-state index in [-0.39, 0.29) is 10.7 Å². The van der Waals surface area contributed by atoms with Gasteiger partial charge in [-0.15, -0.1) is 30.5 Å². The van der Waals surface area contributed by atoms with Gasteiger partial charge in [0.1, 0.15) is 6.07 Å². The Morgan fingerprint density at radius 3 is 2.76 bits per heavy atom. The summed E-state index contributed by atoms with van der Waals surface area (Å²) in [5, 5.41) is 9.16. The van der Waals surface area contributed by atoms with Gasteiger partial charge in [0.05, 0.1) is 11.3 Å². The number of alkyl halides is 3. The molecule has 2 rings (SSSR count). The molecule has 21 heavy (non-hydrogen) atoms. The summed E-state index contributed by atoms with van der Waals surface area (Å²) in [6.07, 6.45) is -2.39. The van der Waals surface area contributed by atoms with Crippen LogP contribution in [0.25, 0.3) is 5.70 Å². The van der Waals surface area contributed by atoms with Crippen LogP contribution in [0, 0.1) is 11.3 Å². The first-order valence-electron chi connectivity index (χ1n) is 6.23. The highest BCUT2D eigenvalue weighted by atomic mass is 32.2. The lowest BCUT2D eigenvalue weighted by Gasteiger charge is -2.23. The van der Waals surface area contributed by atoms with Crippen molar-refractivity contribution in [1.82, 2.24) is 16.0 Å². The quantitative estimate of drug-likeness (QED) is 0.660. The molecule has 0 unspecified atom stereocenters. The van der Waals surface area contributed by atoms with Gasteiger partial charge in [0.25, 0.3) is 0 Å². The topological polar surface area (TPSA) is 51.1 Å². The maximum Gasteiger partial charge on any atom is 0.500 e. The molecule has 0 aromatic heterocycles. The number of hydrogen-bond acceptors (Lipinski definition) is 5. The van der Waals surface area contributed by atoms with Gasteiger partial charge >= 0.3 is 6.30 Å². The smallest absolute Gasteiger partial charge is 0.309 e. The lowest BCUT2D eigenvalue weighted by Crippen LogP contribution is -2.46. The molecular weight excluding hydrogens is 301 g/mol. The molecular formula is C13H13F3N4S. The Hall–Kier alpha value is -1.85. The van der Waals surface area contributed by atoms with Crippen molar-refractivity contribution in [3.8, 4) is 6.07 Å². The van der Waals surface area contributed by atoms with Crippen LogP contribution in [0.1, 0.15) is 24.5 Å². The summed E-state index contributed by atoms with van der Waals surface area (Å²) in [7, 11) is 0. The molecule has 8 heteroatoms. The van der Waals surface area contributed by atoms with Gasteiger partial charge in [-0.2, -0.15) is 10.3 Å². The zero-order valence-corrected chi connectivity index (χ0v) is 12.0. The lowest BCUT2D eigenvalue weighted by molar-refractivity contribution is -0.238. The zero-order valence-electron chi connectivity index (χ0n) is 11.2. The van der Waals surface area contributed by atoms with E-state index in [0.717, 1.165) is 12.2 Å². The van der Waals surface area contributed by atoms with Gasteiger partial charge in [-0.05, 0) is 24.3 Å². The van der Waals surface area contributed by atoms with Crippen LogP contribution in [0.3, 0.4) is 0 Å². The fourth-order valence-electron chi connectivity index (χ4n) is 1.81. The van der Waals surface area contributed by atoms with E-state index >= 15 is 0 Å². The number of nitrogens with zero attached hydrogens (tertiary/aromatic N) is 2. The molecule has 0 radical (unpaired) electrons. The van der Waals surface area contributed by atoms with Gasteiger partial charge in [0.15, 0.2) is 0 Å². The minimum absolute atomic E-state index is 0.0367. The normalized spacial score (nSPS) is 14.6. The number of benzene rings is 1. The fourth-order valence-corrected chi connectivity index (χ4v) is 2.71. The van der Waals surface area contributed by atoms with Crippen molar-refractivity contribution in [1.29, 1.82) is 5.26 Å². The van der Waals surface area contributed by atoms with Gasteiger partial charge in [0, 0.05) is 16.7 Å². The van der Waals surface area contributed by atoms with Crippen LogP contribution in [0.15, 0.2) is 29.3 Å². The molecule has 1 aromatic carbocycles. The average Bonchev–Trinajstić information content (AvgIpc) is 2.94. The Kier molecular flexibility index (Phi) is 4.65. The number of rotatable bonds is 4. The van der Waals surface area contributed by atoms with E-state index in [4.69, 9.17) is 5.26 Å². The first kappa shape index (κ1) is 15.5. The second kappa shape index (κ2) is 6.28. The number of hydrazine groups is 2. The van der Waals surface area contributed by atoms with E-state index in [1.54, 1.807) is 12.1 Å². The van der Waals surface area contributed by atoms with Crippen molar-refractivity contribution < 1.29 is 13.2 Å². The monoisotopic (exact) mass is 314 g/mol. The third kappa shape index (κ3) is 3.43. The van der Waals surface area contributed by atoms with Crippen molar-refractivity contribution in [3.63, 3.8) is 0 Å². The summed E-state index contributed by atoms with van der Waals surface area (Å²) < 4.78 is 38.6. The first-order chi connectivity index (χ1) is 9.97. The predicted octanol–water partition coefficient (Wildman–Crippen LogP) is 3.20. The molecule has 0 saturated carbocycles. The van der Waals surface area contributed by atoms with E-state index in [1.807, 2.05) is 12.5 Å². The first-order valence-corrected chi connectivity index (χ1v) is 7.21. The van der Waals surface area contributed by atoms with E-state index in [1.165, 1.54) is 24.0 Å². The average molecular weight is 314 g/mol. The number of nitriles is 1. The summed E-state index contributed by atoms with van der Waals surface area (Å²) in [6, 6.07) is 6.72. The second-order valence-electron chi connectivity index (χ2n) is 4.26. The highest BCUT2D eigenvalue weighted by molar-refractivity contribution is 7.99. The Bertz CT molecular complexity index is 592. The lowest BCUT2D eigenvalue weighted by atomic mass is 10.1. The van der Waals surface area contributed by atoms with E-state index in [2.05, 4.69) is 11.5 Å². The number of thioether (sulfide) groups is 1. The Labute approximate surface area is 124 Å². The molecule has 0 atom stereocenters. The molecule has 0 spiro atoms. The highest BCUT2D eigenvalue weighted by Gasteiger charge is 2.41. The van der Waals surface area contributed by atoms with Crippen molar-refractivity contribution in [2.24, 2.45) is 0 Å². The molecule has 0 aliphatic carbocycles. The minimum atomic E-state index is -4.54. The summed E-state index contributed by atoms with van der Waals surface area (Å²) in [6.45, 7) is 2.00. The van der Waals surface area contributed by atoms with Gasteiger partial charge in [-0.25, -0.2) is 0 Å². The molecule has 1 aliphatic heterocycles. The van der Waals surface area contributed by atoms with Crippen molar-refractivity contribution in [2.45, 2.75) is 24.5 Å². The molecule has 1 aromatic rings. The van der Waals surface area contributed by atoms with Crippen LogP contribution in [0.4, 0.5) is 13.2 Å². The number of halogens is 3. The molecule has 0 amide bonds. The van der Waals surface area contributed by atoms with E-state index in [9.17, 15) is 13.2 Å². The third-order valence-electron chi connectivity index (χ3n) is 2.74. The Morgan fingerprint density at radius 1 is 1.38 bits per heavy atom. The predicted molar refractivity (Wildman–Crippen MR) is 74.3 cm³/mol. The summed E-state index contributed by atoms with van der Waals surface area (Å²) >= 11 is 1.46. The van der Waals surface area contributed by atoms with Gasteiger partial charge in [0.2, 0.25) is 0 Å². The van der Waals surface area contributed by atoms with Crippen molar-refractivity contribution in [3.05, 3.63) is 35.5 Å². The Morgan fingerprint density at radius 2 is 2.14 bits per heavy atom. The summed E-state index contributed by atoms with van der Waals surface area (Å²) in [5.41, 5.74) is 5.19. The Balaban J connectivity index is 2.34. The number of hydrogen-bond donors (Lipinski definition) is 2. The van der Waals surface area contributed by atoms with E-state index in [0.29, 0.717) is 16.0 Å². The largest absolute Gasteiger partial charge is 0.500 e.